The van der Waals surface area contributed by atoms with Crippen LogP contribution in [0.25, 0.3) is 0 Å². The predicted molar refractivity (Wildman–Crippen MR) is 120 cm³/mol. The van der Waals surface area contributed by atoms with Gasteiger partial charge in [0.05, 0.1) is 23.0 Å². The Balaban J connectivity index is 1.40. The number of aliphatic hydroxyl groups excluding tert-OH is 2. The molecule has 31 heavy (non-hydrogen) atoms. The molecule has 0 saturated carbocycles. The second-order valence-corrected chi connectivity index (χ2v) is 8.96. The van der Waals surface area contributed by atoms with Gasteiger partial charge in [-0.2, -0.15) is 0 Å². The summed E-state index contributed by atoms with van der Waals surface area (Å²) in [4.78, 5) is 30.8. The normalized spacial score (nSPS) is 19.4. The quantitative estimate of drug-likeness (QED) is 0.661. The van der Waals surface area contributed by atoms with Crippen molar-refractivity contribution in [1.29, 1.82) is 0 Å². The van der Waals surface area contributed by atoms with Gasteiger partial charge in [0.25, 0.3) is 11.8 Å². The van der Waals surface area contributed by atoms with E-state index in [1.54, 1.807) is 21.9 Å². The summed E-state index contributed by atoms with van der Waals surface area (Å²) in [6.45, 7) is 0.811. The number of fused-ring (bicyclic) bond motifs is 2. The summed E-state index contributed by atoms with van der Waals surface area (Å²) in [6.07, 6.45) is 0. The topological polar surface area (TPSA) is 81.1 Å². The second-order valence-electron chi connectivity index (χ2n) is 7.87. The van der Waals surface area contributed by atoms with Crippen LogP contribution in [0.1, 0.15) is 42.3 Å². The fourth-order valence-corrected chi connectivity index (χ4v) is 5.43. The molecule has 2 aliphatic heterocycles. The van der Waals surface area contributed by atoms with Gasteiger partial charge in [-0.25, -0.2) is 0 Å². The molecule has 0 radical (unpaired) electrons. The number of amides is 2. The van der Waals surface area contributed by atoms with E-state index < -0.39 is 0 Å². The van der Waals surface area contributed by atoms with Crippen molar-refractivity contribution in [2.45, 2.75) is 11.8 Å². The van der Waals surface area contributed by atoms with E-state index in [2.05, 4.69) is 0 Å². The maximum atomic E-state index is 13.2. The van der Waals surface area contributed by atoms with Crippen LogP contribution in [0, 0.1) is 0 Å². The first-order valence-electron chi connectivity index (χ1n) is 10.3. The third-order valence-corrected chi connectivity index (χ3v) is 7.16. The smallest absolute Gasteiger partial charge is 0.268 e. The SMILES string of the molecule is O=C(c1ccc(C(=O)N2CC(CO)c3ccccc32)s1)N1CC(CO)c2ccccc21. The van der Waals surface area contributed by atoms with Gasteiger partial charge in [0.2, 0.25) is 0 Å². The molecule has 2 aliphatic rings. The zero-order chi connectivity index (χ0) is 21.5. The van der Waals surface area contributed by atoms with Gasteiger partial charge in [-0.3, -0.25) is 9.59 Å². The molecule has 5 rings (SSSR count). The number of carbonyl (C=O) groups is 2. The number of hydrogen-bond acceptors (Lipinski definition) is 5. The summed E-state index contributed by atoms with van der Waals surface area (Å²) in [5, 5.41) is 19.4. The Hall–Kier alpha value is -3.00. The van der Waals surface area contributed by atoms with E-state index in [4.69, 9.17) is 0 Å². The second kappa shape index (κ2) is 7.92. The van der Waals surface area contributed by atoms with Crippen LogP contribution in [-0.4, -0.2) is 48.3 Å². The lowest BCUT2D eigenvalue weighted by Gasteiger charge is -2.17. The summed E-state index contributed by atoms with van der Waals surface area (Å²) in [5.74, 6) is -0.527. The maximum Gasteiger partial charge on any atom is 0.268 e. The van der Waals surface area contributed by atoms with Gasteiger partial charge in [0.1, 0.15) is 0 Å². The molecule has 3 heterocycles. The number of rotatable bonds is 4. The van der Waals surface area contributed by atoms with E-state index in [0.717, 1.165) is 22.5 Å². The van der Waals surface area contributed by atoms with Gasteiger partial charge in [-0.05, 0) is 35.4 Å². The first-order valence-corrected chi connectivity index (χ1v) is 11.1. The summed E-state index contributed by atoms with van der Waals surface area (Å²) in [5.41, 5.74) is 3.56. The Morgan fingerprint density at radius 1 is 0.742 bits per heavy atom. The van der Waals surface area contributed by atoms with Crippen molar-refractivity contribution in [3.05, 3.63) is 81.5 Å². The van der Waals surface area contributed by atoms with E-state index in [9.17, 15) is 19.8 Å². The molecular weight excluding hydrogens is 412 g/mol. The highest BCUT2D eigenvalue weighted by molar-refractivity contribution is 7.16. The van der Waals surface area contributed by atoms with Crippen molar-refractivity contribution in [2.75, 3.05) is 36.1 Å². The third kappa shape index (κ3) is 3.26. The zero-order valence-electron chi connectivity index (χ0n) is 16.8. The van der Waals surface area contributed by atoms with Crippen molar-refractivity contribution in [1.82, 2.24) is 0 Å². The highest BCUT2D eigenvalue weighted by atomic mass is 32.1. The van der Waals surface area contributed by atoms with Gasteiger partial charge >= 0.3 is 0 Å². The lowest BCUT2D eigenvalue weighted by atomic mass is 10.0. The van der Waals surface area contributed by atoms with Crippen LogP contribution in [0.2, 0.25) is 0 Å². The Morgan fingerprint density at radius 2 is 1.16 bits per heavy atom. The number of hydrogen-bond donors (Lipinski definition) is 2. The number of anilines is 2. The minimum Gasteiger partial charge on any atom is -0.396 e. The molecule has 0 aliphatic carbocycles. The van der Waals surface area contributed by atoms with Crippen LogP contribution in [0.3, 0.4) is 0 Å². The van der Waals surface area contributed by atoms with Gasteiger partial charge in [0, 0.05) is 36.3 Å². The fourth-order valence-electron chi connectivity index (χ4n) is 4.52. The number of benzene rings is 2. The Morgan fingerprint density at radius 3 is 1.58 bits per heavy atom. The van der Waals surface area contributed by atoms with Crippen LogP contribution >= 0.6 is 11.3 Å². The van der Waals surface area contributed by atoms with Gasteiger partial charge in [-0.1, -0.05) is 36.4 Å². The largest absolute Gasteiger partial charge is 0.396 e. The molecule has 0 bridgehead atoms. The predicted octanol–water partition coefficient (Wildman–Crippen LogP) is 3.22. The molecular formula is C24H22N2O4S. The van der Waals surface area contributed by atoms with E-state index in [1.165, 1.54) is 11.3 Å². The zero-order valence-corrected chi connectivity index (χ0v) is 17.6. The molecule has 0 fully saturated rings. The highest BCUT2D eigenvalue weighted by Gasteiger charge is 2.35. The van der Waals surface area contributed by atoms with Gasteiger partial charge < -0.3 is 20.0 Å². The molecule has 2 aromatic carbocycles. The Bertz CT molecular complexity index is 1070. The first-order chi connectivity index (χ1) is 15.1. The Kier molecular flexibility index (Phi) is 5.09. The maximum absolute atomic E-state index is 13.2. The average molecular weight is 435 g/mol. The van der Waals surface area contributed by atoms with Crippen molar-refractivity contribution in [3.8, 4) is 0 Å². The van der Waals surface area contributed by atoms with E-state index in [-0.39, 0.29) is 36.9 Å². The summed E-state index contributed by atoms with van der Waals surface area (Å²) >= 11 is 1.18. The molecule has 2 unspecified atom stereocenters. The standard InChI is InChI=1S/C24H22N2O4S/c27-13-15-11-25(19-7-3-1-5-17(15)19)23(29)21-9-10-22(31-21)24(30)26-12-16(14-28)18-6-2-4-8-20(18)26/h1-10,15-16,27-28H,11-14H2. The van der Waals surface area contributed by atoms with Crippen LogP contribution in [0.4, 0.5) is 11.4 Å². The average Bonchev–Trinajstić information content (AvgIpc) is 3.53. The fraction of sp³-hybridized carbons (Fsp3) is 0.250. The van der Waals surface area contributed by atoms with E-state index >= 15 is 0 Å². The van der Waals surface area contributed by atoms with Crippen molar-refractivity contribution in [3.63, 3.8) is 0 Å². The summed E-state index contributed by atoms with van der Waals surface area (Å²) in [6, 6.07) is 18.6. The minimum atomic E-state index is -0.164. The molecule has 0 saturated heterocycles. The monoisotopic (exact) mass is 434 g/mol. The number of aliphatic hydroxyl groups is 2. The van der Waals surface area contributed by atoms with Crippen LogP contribution < -0.4 is 9.80 Å². The number of carbonyl (C=O) groups excluding carboxylic acids is 2. The highest BCUT2D eigenvalue weighted by Crippen LogP contribution is 2.39. The number of thiophene rings is 1. The number of para-hydroxylation sites is 2. The molecule has 7 heteroatoms. The molecule has 2 N–H and O–H groups in total. The molecule has 0 spiro atoms. The lowest BCUT2D eigenvalue weighted by Crippen LogP contribution is -2.30. The summed E-state index contributed by atoms with van der Waals surface area (Å²) in [7, 11) is 0. The molecule has 3 aromatic rings. The molecule has 6 nitrogen and oxygen atoms in total. The van der Waals surface area contributed by atoms with Crippen LogP contribution in [0.5, 0.6) is 0 Å². The van der Waals surface area contributed by atoms with Crippen LogP contribution in [-0.2, 0) is 0 Å². The molecule has 2 amide bonds. The lowest BCUT2D eigenvalue weighted by molar-refractivity contribution is 0.0984. The van der Waals surface area contributed by atoms with Crippen LogP contribution in [0.15, 0.2) is 60.7 Å². The molecule has 2 atom stereocenters. The van der Waals surface area contributed by atoms with Gasteiger partial charge in [-0.15, -0.1) is 11.3 Å². The summed E-state index contributed by atoms with van der Waals surface area (Å²) < 4.78 is 0. The molecule has 1 aromatic heterocycles. The van der Waals surface area contributed by atoms with Crippen molar-refractivity contribution in [2.24, 2.45) is 0 Å². The first kappa shape index (κ1) is 19.9. The Labute approximate surface area is 184 Å². The number of nitrogens with zero attached hydrogens (tertiary/aromatic N) is 2. The van der Waals surface area contributed by atoms with E-state index in [1.807, 2.05) is 48.5 Å². The van der Waals surface area contributed by atoms with Crippen molar-refractivity contribution < 1.29 is 19.8 Å². The van der Waals surface area contributed by atoms with E-state index in [0.29, 0.717) is 22.8 Å². The minimum absolute atomic E-state index is 0.0185. The van der Waals surface area contributed by atoms with Crippen molar-refractivity contribution >= 4 is 34.5 Å². The van der Waals surface area contributed by atoms with Gasteiger partial charge in [0.15, 0.2) is 0 Å². The molecule has 158 valence electrons. The third-order valence-electron chi connectivity index (χ3n) is 6.10.